The summed E-state index contributed by atoms with van der Waals surface area (Å²) >= 11 is 5.90. The fourth-order valence-corrected chi connectivity index (χ4v) is 2.60. The Morgan fingerprint density at radius 1 is 1.19 bits per heavy atom. The minimum atomic E-state index is -0.402. The molecule has 2 nitrogen and oxygen atoms in total. The van der Waals surface area contributed by atoms with Crippen molar-refractivity contribution in [3.05, 3.63) is 64.4 Å². The minimum absolute atomic E-state index is 0.118. The molecule has 2 aromatic rings. The maximum atomic E-state index is 13.3. The van der Waals surface area contributed by atoms with Crippen LogP contribution < -0.4 is 10.1 Å². The number of hydrogen-bond acceptors (Lipinski definition) is 2. The van der Waals surface area contributed by atoms with Gasteiger partial charge in [0.25, 0.3) is 0 Å². The van der Waals surface area contributed by atoms with Gasteiger partial charge in [0.15, 0.2) is 0 Å². The summed E-state index contributed by atoms with van der Waals surface area (Å²) in [6.07, 6.45) is -0.118. The van der Waals surface area contributed by atoms with E-state index in [1.165, 1.54) is 11.6 Å². The molecule has 2 aromatic carbocycles. The third-order valence-corrected chi connectivity index (χ3v) is 4.09. The molecule has 1 N–H and O–H groups in total. The molecule has 21 heavy (non-hydrogen) atoms. The van der Waals surface area contributed by atoms with Crippen LogP contribution in [-0.4, -0.2) is 13.1 Å². The van der Waals surface area contributed by atoms with Crippen molar-refractivity contribution in [1.82, 2.24) is 5.32 Å². The summed E-state index contributed by atoms with van der Waals surface area (Å²) in [4.78, 5) is 0. The van der Waals surface area contributed by atoms with E-state index in [1.807, 2.05) is 31.2 Å². The summed E-state index contributed by atoms with van der Waals surface area (Å²) < 4.78 is 19.5. The molecule has 1 heterocycles. The summed E-state index contributed by atoms with van der Waals surface area (Å²) in [5.41, 5.74) is 2.10. The fraction of sp³-hybridized carbons (Fsp3) is 0.294. The number of hydrogen-bond donors (Lipinski definition) is 1. The highest BCUT2D eigenvalue weighted by Gasteiger charge is 2.30. The Morgan fingerprint density at radius 2 is 1.90 bits per heavy atom. The zero-order chi connectivity index (χ0) is 14.8. The normalized spacial score (nSPS) is 16.3. The summed E-state index contributed by atoms with van der Waals surface area (Å²) in [6.45, 7) is 3.83. The number of ether oxygens (including phenoxy) is 1. The van der Waals surface area contributed by atoms with Crippen molar-refractivity contribution < 1.29 is 9.13 Å². The smallest absolute Gasteiger partial charge is 0.141 e. The Kier molecular flexibility index (Phi) is 4.13. The van der Waals surface area contributed by atoms with Crippen LogP contribution >= 0.6 is 11.6 Å². The van der Waals surface area contributed by atoms with Crippen LogP contribution in [0.15, 0.2) is 42.5 Å². The number of aryl methyl sites for hydroxylation is 1. The largest absolute Gasteiger partial charge is 0.485 e. The highest BCUT2D eigenvalue weighted by molar-refractivity contribution is 6.30. The average Bonchev–Trinajstić information content (AvgIpc) is 2.41. The second-order valence-corrected chi connectivity index (χ2v) is 5.85. The van der Waals surface area contributed by atoms with Gasteiger partial charge in [-0.3, -0.25) is 0 Å². The van der Waals surface area contributed by atoms with Crippen LogP contribution in [0.5, 0.6) is 5.75 Å². The zero-order valence-electron chi connectivity index (χ0n) is 11.8. The van der Waals surface area contributed by atoms with Crippen LogP contribution in [-0.2, 0) is 0 Å². The summed E-state index contributed by atoms with van der Waals surface area (Å²) in [6, 6.07) is 12.8. The second kappa shape index (κ2) is 6.04. The first kappa shape index (κ1) is 14.4. The van der Waals surface area contributed by atoms with E-state index in [2.05, 4.69) is 5.32 Å². The Bertz CT molecular complexity index is 625. The molecule has 0 radical (unpaired) electrons. The molecule has 1 unspecified atom stereocenters. The molecule has 0 amide bonds. The minimum Gasteiger partial charge on any atom is -0.485 e. The van der Waals surface area contributed by atoms with Crippen molar-refractivity contribution in [3.63, 3.8) is 0 Å². The number of rotatable bonds is 4. The third kappa shape index (κ3) is 3.20. The SMILES string of the molecule is Cc1ccc(OC(c2ccc(F)c(Cl)c2)C2CNC2)cc1. The number of nitrogens with one attached hydrogen (secondary N) is 1. The fourth-order valence-electron chi connectivity index (χ4n) is 2.41. The van der Waals surface area contributed by atoms with Gasteiger partial charge in [-0.2, -0.15) is 0 Å². The molecule has 110 valence electrons. The maximum Gasteiger partial charge on any atom is 0.141 e. The molecule has 1 fully saturated rings. The van der Waals surface area contributed by atoms with E-state index in [0.29, 0.717) is 5.92 Å². The van der Waals surface area contributed by atoms with Gasteiger partial charge >= 0.3 is 0 Å². The third-order valence-electron chi connectivity index (χ3n) is 3.80. The molecule has 1 aliphatic rings. The van der Waals surface area contributed by atoms with E-state index in [9.17, 15) is 4.39 Å². The predicted molar refractivity (Wildman–Crippen MR) is 82.3 cm³/mol. The molecule has 0 spiro atoms. The average molecular weight is 306 g/mol. The van der Waals surface area contributed by atoms with Crippen LogP contribution in [0.1, 0.15) is 17.2 Å². The molecular weight excluding hydrogens is 289 g/mol. The Balaban J connectivity index is 1.86. The van der Waals surface area contributed by atoms with E-state index in [-0.39, 0.29) is 11.1 Å². The van der Waals surface area contributed by atoms with Gasteiger partial charge in [-0.05, 0) is 36.8 Å². The van der Waals surface area contributed by atoms with Crippen molar-refractivity contribution >= 4 is 11.6 Å². The first-order valence-electron chi connectivity index (χ1n) is 7.02. The molecule has 3 rings (SSSR count). The molecular formula is C17H17ClFNO. The van der Waals surface area contributed by atoms with E-state index in [4.69, 9.17) is 16.3 Å². The number of benzene rings is 2. The highest BCUT2D eigenvalue weighted by Crippen LogP contribution is 2.32. The van der Waals surface area contributed by atoms with Crippen molar-refractivity contribution in [1.29, 1.82) is 0 Å². The lowest BCUT2D eigenvalue weighted by molar-refractivity contribution is 0.0992. The molecule has 0 aliphatic carbocycles. The van der Waals surface area contributed by atoms with Crippen molar-refractivity contribution in [2.45, 2.75) is 13.0 Å². The van der Waals surface area contributed by atoms with Crippen LogP contribution in [0.25, 0.3) is 0 Å². The van der Waals surface area contributed by atoms with E-state index < -0.39 is 5.82 Å². The van der Waals surface area contributed by atoms with Crippen LogP contribution in [0.4, 0.5) is 4.39 Å². The molecule has 1 atom stereocenters. The maximum absolute atomic E-state index is 13.3. The lowest BCUT2D eigenvalue weighted by Crippen LogP contribution is -2.46. The van der Waals surface area contributed by atoms with E-state index in [1.54, 1.807) is 12.1 Å². The topological polar surface area (TPSA) is 21.3 Å². The Morgan fingerprint density at radius 3 is 2.48 bits per heavy atom. The van der Waals surface area contributed by atoms with Gasteiger partial charge in [0, 0.05) is 19.0 Å². The molecule has 0 saturated carbocycles. The van der Waals surface area contributed by atoms with Crippen LogP contribution in [0, 0.1) is 18.7 Å². The van der Waals surface area contributed by atoms with Crippen LogP contribution in [0.3, 0.4) is 0 Å². The highest BCUT2D eigenvalue weighted by atomic mass is 35.5. The molecule has 0 bridgehead atoms. The molecule has 4 heteroatoms. The van der Waals surface area contributed by atoms with Gasteiger partial charge in [0.2, 0.25) is 0 Å². The predicted octanol–water partition coefficient (Wildman–Crippen LogP) is 4.13. The summed E-state index contributed by atoms with van der Waals surface area (Å²) in [7, 11) is 0. The summed E-state index contributed by atoms with van der Waals surface area (Å²) in [5.74, 6) is 0.784. The second-order valence-electron chi connectivity index (χ2n) is 5.44. The van der Waals surface area contributed by atoms with Gasteiger partial charge in [-0.1, -0.05) is 35.4 Å². The standard InChI is InChI=1S/C17H17ClFNO/c1-11-2-5-14(6-3-11)21-17(13-9-20-10-13)12-4-7-16(19)15(18)8-12/h2-8,13,17,20H,9-10H2,1H3. The van der Waals surface area contributed by atoms with Gasteiger partial charge in [0.1, 0.15) is 17.7 Å². The molecule has 0 aromatic heterocycles. The van der Waals surface area contributed by atoms with Gasteiger partial charge < -0.3 is 10.1 Å². The van der Waals surface area contributed by atoms with Gasteiger partial charge in [-0.15, -0.1) is 0 Å². The Hall–Kier alpha value is -1.58. The first-order chi connectivity index (χ1) is 10.1. The molecule has 1 saturated heterocycles. The van der Waals surface area contributed by atoms with E-state index in [0.717, 1.165) is 24.4 Å². The van der Waals surface area contributed by atoms with Gasteiger partial charge in [-0.25, -0.2) is 4.39 Å². The van der Waals surface area contributed by atoms with E-state index >= 15 is 0 Å². The zero-order valence-corrected chi connectivity index (χ0v) is 12.5. The monoisotopic (exact) mass is 305 g/mol. The first-order valence-corrected chi connectivity index (χ1v) is 7.40. The quantitative estimate of drug-likeness (QED) is 0.917. The van der Waals surface area contributed by atoms with Crippen molar-refractivity contribution in [3.8, 4) is 5.75 Å². The summed E-state index contributed by atoms with van der Waals surface area (Å²) in [5, 5.41) is 3.38. The lowest BCUT2D eigenvalue weighted by Gasteiger charge is -2.35. The van der Waals surface area contributed by atoms with Gasteiger partial charge in [0.05, 0.1) is 5.02 Å². The Labute approximate surface area is 128 Å². The van der Waals surface area contributed by atoms with Crippen LogP contribution in [0.2, 0.25) is 5.02 Å². The molecule has 1 aliphatic heterocycles. The number of halogens is 2. The van der Waals surface area contributed by atoms with Crippen molar-refractivity contribution in [2.75, 3.05) is 13.1 Å². The lowest BCUT2D eigenvalue weighted by atomic mass is 9.90. The van der Waals surface area contributed by atoms with Crippen molar-refractivity contribution in [2.24, 2.45) is 5.92 Å².